The molecule has 0 spiro atoms. The summed E-state index contributed by atoms with van der Waals surface area (Å²) in [5.74, 6) is 1.41. The largest absolute Gasteiger partial charge is 0.611 e. The van der Waals surface area contributed by atoms with Crippen molar-refractivity contribution in [1.29, 1.82) is 0 Å². The average Bonchev–Trinajstić information content (AvgIpc) is 3.15. The van der Waals surface area contributed by atoms with E-state index >= 15 is 0 Å². The van der Waals surface area contributed by atoms with Crippen LogP contribution in [0.3, 0.4) is 0 Å². The average molecular weight is 410 g/mol. The molecule has 0 saturated carbocycles. The summed E-state index contributed by atoms with van der Waals surface area (Å²) in [5.41, 5.74) is 3.36. The third-order valence-corrected chi connectivity index (χ3v) is 6.30. The first-order valence-electron chi connectivity index (χ1n) is 9.63. The van der Waals surface area contributed by atoms with Crippen molar-refractivity contribution >= 4 is 11.2 Å². The molecule has 2 aromatic carbocycles. The van der Waals surface area contributed by atoms with Crippen LogP contribution < -0.4 is 10.2 Å². The summed E-state index contributed by atoms with van der Waals surface area (Å²) in [6, 6.07) is 17.3. The summed E-state index contributed by atoms with van der Waals surface area (Å²) in [4.78, 5) is 15.4. The highest BCUT2D eigenvalue weighted by atomic mass is 32.2. The van der Waals surface area contributed by atoms with Crippen LogP contribution >= 0.6 is 0 Å². The molecular weight excluding hydrogens is 386 g/mol. The van der Waals surface area contributed by atoms with E-state index in [0.717, 1.165) is 23.5 Å². The zero-order valence-corrected chi connectivity index (χ0v) is 17.1. The highest BCUT2D eigenvalue weighted by Gasteiger charge is 2.19. The van der Waals surface area contributed by atoms with Crippen molar-refractivity contribution < 1.29 is 13.7 Å². The van der Waals surface area contributed by atoms with Gasteiger partial charge in [-0.1, -0.05) is 36.4 Å². The first kappa shape index (κ1) is 19.8. The van der Waals surface area contributed by atoms with Gasteiger partial charge in [0.05, 0.1) is 6.54 Å². The van der Waals surface area contributed by atoms with Crippen molar-refractivity contribution in [1.82, 2.24) is 4.90 Å². The van der Waals surface area contributed by atoms with Crippen molar-refractivity contribution in [3.63, 3.8) is 0 Å². The number of rotatable bonds is 7. The number of hydrogen-bond acceptors (Lipinski definition) is 5. The van der Waals surface area contributed by atoms with Gasteiger partial charge in [0.15, 0.2) is 4.90 Å². The van der Waals surface area contributed by atoms with Crippen LogP contribution in [0, 0.1) is 0 Å². The lowest BCUT2D eigenvalue weighted by Gasteiger charge is -2.14. The molecule has 2 heterocycles. The van der Waals surface area contributed by atoms with Crippen LogP contribution in [0.5, 0.6) is 5.75 Å². The predicted molar refractivity (Wildman–Crippen MR) is 112 cm³/mol. The van der Waals surface area contributed by atoms with E-state index in [0.29, 0.717) is 18.1 Å². The van der Waals surface area contributed by atoms with Gasteiger partial charge in [-0.05, 0) is 46.9 Å². The number of hydrogen-bond donors (Lipinski definition) is 0. The standard InChI is InChI=1S/C23H23NO4S/c1-2-29(26)21-9-7-17(8-10-21)15-28-23-16-27-20(11-22(23)25)14-24-12-18-5-3-4-6-19(18)13-24/h3-11,16H,2,12-15H2,1H3. The third kappa shape index (κ3) is 4.72. The van der Waals surface area contributed by atoms with Crippen LogP contribution in [0.15, 0.2) is 75.0 Å². The Kier molecular flexibility index (Phi) is 6.04. The van der Waals surface area contributed by atoms with E-state index in [9.17, 15) is 9.35 Å². The Labute approximate surface area is 173 Å². The smallest absolute Gasteiger partial charge is 0.227 e. The van der Waals surface area contributed by atoms with Crippen LogP contribution in [0.1, 0.15) is 29.4 Å². The van der Waals surface area contributed by atoms with Crippen LogP contribution in [0.25, 0.3) is 0 Å². The van der Waals surface area contributed by atoms with Crippen molar-refractivity contribution in [3.8, 4) is 5.75 Å². The first-order valence-corrected chi connectivity index (χ1v) is 10.9. The molecule has 0 saturated heterocycles. The van der Waals surface area contributed by atoms with Gasteiger partial charge in [-0.2, -0.15) is 0 Å². The molecule has 6 heteroatoms. The Morgan fingerprint density at radius 3 is 2.41 bits per heavy atom. The highest BCUT2D eigenvalue weighted by Crippen LogP contribution is 2.24. The minimum atomic E-state index is -0.970. The summed E-state index contributed by atoms with van der Waals surface area (Å²) >= 11 is -0.970. The summed E-state index contributed by atoms with van der Waals surface area (Å²) in [7, 11) is 0. The Balaban J connectivity index is 1.35. The first-order chi connectivity index (χ1) is 14.1. The van der Waals surface area contributed by atoms with Crippen LogP contribution in [0.4, 0.5) is 0 Å². The molecule has 3 aromatic rings. The second kappa shape index (κ2) is 8.86. The Bertz CT molecular complexity index is 1010. The van der Waals surface area contributed by atoms with E-state index < -0.39 is 11.2 Å². The van der Waals surface area contributed by atoms with Crippen LogP contribution in [-0.2, 0) is 37.4 Å². The fourth-order valence-electron chi connectivity index (χ4n) is 3.43. The fraction of sp³-hybridized carbons (Fsp3) is 0.261. The molecule has 1 atom stereocenters. The Morgan fingerprint density at radius 1 is 1.10 bits per heavy atom. The molecular formula is C23H23NO4S. The zero-order chi connectivity index (χ0) is 20.2. The normalized spacial score (nSPS) is 14.6. The van der Waals surface area contributed by atoms with E-state index in [1.807, 2.05) is 43.3 Å². The van der Waals surface area contributed by atoms with Gasteiger partial charge in [-0.15, -0.1) is 0 Å². The molecule has 0 radical (unpaired) electrons. The Morgan fingerprint density at radius 2 is 1.79 bits per heavy atom. The maximum absolute atomic E-state index is 12.4. The van der Waals surface area contributed by atoms with E-state index in [1.165, 1.54) is 23.5 Å². The lowest BCUT2D eigenvalue weighted by Crippen LogP contribution is -2.17. The van der Waals surface area contributed by atoms with Gasteiger partial charge in [0.2, 0.25) is 11.2 Å². The highest BCUT2D eigenvalue weighted by molar-refractivity contribution is 7.91. The quantitative estimate of drug-likeness (QED) is 0.555. The molecule has 1 aromatic heterocycles. The molecule has 1 aliphatic heterocycles. The van der Waals surface area contributed by atoms with E-state index in [1.54, 1.807) is 0 Å². The van der Waals surface area contributed by atoms with E-state index in [-0.39, 0.29) is 17.8 Å². The lowest BCUT2D eigenvalue weighted by atomic mass is 10.1. The molecule has 0 N–H and O–H groups in total. The Hall–Kier alpha value is -2.54. The van der Waals surface area contributed by atoms with Crippen molar-refractivity contribution in [2.75, 3.05) is 5.75 Å². The fourth-order valence-corrected chi connectivity index (χ4v) is 4.20. The van der Waals surface area contributed by atoms with Gasteiger partial charge in [0.1, 0.15) is 24.4 Å². The molecule has 4 rings (SSSR count). The van der Waals surface area contributed by atoms with Gasteiger partial charge < -0.3 is 13.7 Å². The second-order valence-electron chi connectivity index (χ2n) is 7.06. The molecule has 5 nitrogen and oxygen atoms in total. The maximum atomic E-state index is 12.4. The summed E-state index contributed by atoms with van der Waals surface area (Å²) in [6.07, 6.45) is 1.39. The number of benzene rings is 2. The van der Waals surface area contributed by atoms with Gasteiger partial charge in [-0.25, -0.2) is 0 Å². The molecule has 0 fully saturated rings. The number of fused-ring (bicyclic) bond motifs is 1. The molecule has 0 amide bonds. The van der Waals surface area contributed by atoms with E-state index in [4.69, 9.17) is 9.15 Å². The van der Waals surface area contributed by atoms with Crippen LogP contribution in [0.2, 0.25) is 0 Å². The lowest BCUT2D eigenvalue weighted by molar-refractivity contribution is 0.241. The van der Waals surface area contributed by atoms with Gasteiger partial charge in [0, 0.05) is 19.2 Å². The zero-order valence-electron chi connectivity index (χ0n) is 16.3. The minimum absolute atomic E-state index is 0.188. The third-order valence-electron chi connectivity index (χ3n) is 4.98. The molecule has 29 heavy (non-hydrogen) atoms. The molecule has 150 valence electrons. The van der Waals surface area contributed by atoms with Gasteiger partial charge in [0.25, 0.3) is 0 Å². The summed E-state index contributed by atoms with van der Waals surface area (Å²) in [6.45, 7) is 4.44. The summed E-state index contributed by atoms with van der Waals surface area (Å²) < 4.78 is 23.1. The summed E-state index contributed by atoms with van der Waals surface area (Å²) in [5, 5.41) is 0. The molecule has 0 bridgehead atoms. The topological polar surface area (TPSA) is 65.7 Å². The monoisotopic (exact) mass is 409 g/mol. The second-order valence-corrected chi connectivity index (χ2v) is 8.80. The molecule has 1 aliphatic rings. The predicted octanol–water partition coefficient (Wildman–Crippen LogP) is 3.86. The van der Waals surface area contributed by atoms with Gasteiger partial charge >= 0.3 is 0 Å². The molecule has 0 aliphatic carbocycles. The van der Waals surface area contributed by atoms with Gasteiger partial charge in [-0.3, -0.25) is 9.69 Å². The number of ether oxygens (including phenoxy) is 1. The van der Waals surface area contributed by atoms with Crippen molar-refractivity contribution in [2.45, 2.75) is 38.1 Å². The van der Waals surface area contributed by atoms with Crippen molar-refractivity contribution in [2.24, 2.45) is 0 Å². The van der Waals surface area contributed by atoms with Crippen LogP contribution in [-0.4, -0.2) is 15.2 Å². The van der Waals surface area contributed by atoms with Crippen molar-refractivity contribution in [3.05, 3.63) is 93.5 Å². The number of nitrogens with zero attached hydrogens (tertiary/aromatic N) is 1. The minimum Gasteiger partial charge on any atom is -0.611 e. The SMILES string of the molecule is CC[S+]([O-])c1ccc(COc2coc(CN3Cc4ccccc4C3)cc2=O)cc1. The van der Waals surface area contributed by atoms with E-state index in [2.05, 4.69) is 17.0 Å². The maximum Gasteiger partial charge on any atom is 0.227 e. The molecule has 1 unspecified atom stereocenters.